The van der Waals surface area contributed by atoms with Gasteiger partial charge in [-0.3, -0.25) is 9.59 Å². The molecule has 0 N–H and O–H groups in total. The molecule has 1 unspecified atom stereocenters. The fourth-order valence-corrected chi connectivity index (χ4v) is 6.94. The molecule has 0 heterocycles. The van der Waals surface area contributed by atoms with Gasteiger partial charge in [0.2, 0.25) is 0 Å². The summed E-state index contributed by atoms with van der Waals surface area (Å²) in [6, 6.07) is 0. The maximum Gasteiger partial charge on any atom is 0.306 e. The standard InChI is InChI=1S/C55H96O5/c1-4-7-10-13-16-19-21-23-25-27-28-30-31-33-35-37-39-42-45-48-54(56)59-52-53(51-58-50-47-44-41-18-15-12-9-6-3)60-55(57)49-46-43-40-38-36-34-32-29-26-24-22-20-17-14-11-8-5-2/h7,10,16-17,19-20,23-26,28,30,53H,4-6,8-9,11-15,18,21-22,27,29,31-52H2,1-3H3/b10-7-,19-16-,20-17-,25-23-,26-24-,30-28-. The lowest BCUT2D eigenvalue weighted by atomic mass is 10.1. The lowest BCUT2D eigenvalue weighted by Gasteiger charge is -2.18. The second-order valence-corrected chi connectivity index (χ2v) is 16.7. The van der Waals surface area contributed by atoms with Crippen molar-refractivity contribution in [1.82, 2.24) is 0 Å². The Morgan fingerprint density at radius 2 is 0.750 bits per heavy atom. The van der Waals surface area contributed by atoms with Crippen LogP contribution in [0.2, 0.25) is 0 Å². The Bertz CT molecular complexity index is 1080. The highest BCUT2D eigenvalue weighted by molar-refractivity contribution is 5.70. The molecule has 346 valence electrons. The van der Waals surface area contributed by atoms with Crippen LogP contribution in [0.4, 0.5) is 0 Å². The summed E-state index contributed by atoms with van der Waals surface area (Å²) in [6.07, 6.45) is 64.8. The van der Waals surface area contributed by atoms with Crippen LogP contribution in [0, 0.1) is 0 Å². The second-order valence-electron chi connectivity index (χ2n) is 16.7. The SMILES string of the molecule is CC/C=C\C/C=C\C/C=C\C/C=C\CCCCCCCCC(=O)OCC(COCCCCCCCCCC)OC(=O)CCCCCCCCC/C=C\C/C=C\CCCCC. The van der Waals surface area contributed by atoms with Gasteiger partial charge in [-0.15, -0.1) is 0 Å². The van der Waals surface area contributed by atoms with Crippen LogP contribution in [0.15, 0.2) is 72.9 Å². The van der Waals surface area contributed by atoms with E-state index in [0.29, 0.717) is 19.4 Å². The van der Waals surface area contributed by atoms with Gasteiger partial charge in [0.1, 0.15) is 6.61 Å². The molecule has 0 aromatic heterocycles. The number of carbonyl (C=O) groups excluding carboxylic acids is 2. The highest BCUT2D eigenvalue weighted by atomic mass is 16.6. The average Bonchev–Trinajstić information content (AvgIpc) is 3.25. The summed E-state index contributed by atoms with van der Waals surface area (Å²) in [5.74, 6) is -0.420. The molecular formula is C55H96O5. The van der Waals surface area contributed by atoms with Crippen molar-refractivity contribution >= 4 is 11.9 Å². The third kappa shape index (κ3) is 48.0. The molecule has 0 amide bonds. The number of ether oxygens (including phenoxy) is 3. The Balaban J connectivity index is 4.20. The minimum atomic E-state index is -0.545. The van der Waals surface area contributed by atoms with Crippen molar-refractivity contribution in [2.45, 2.75) is 245 Å². The Kier molecular flexibility index (Phi) is 48.4. The van der Waals surface area contributed by atoms with E-state index in [4.69, 9.17) is 14.2 Å². The van der Waals surface area contributed by atoms with Gasteiger partial charge in [0.25, 0.3) is 0 Å². The van der Waals surface area contributed by atoms with Gasteiger partial charge in [0.05, 0.1) is 6.61 Å². The fraction of sp³-hybridized carbons (Fsp3) is 0.745. The molecule has 0 saturated heterocycles. The number of allylic oxidation sites excluding steroid dienone is 12. The quantitative estimate of drug-likeness (QED) is 0.0347. The third-order valence-corrected chi connectivity index (χ3v) is 10.7. The van der Waals surface area contributed by atoms with Crippen LogP contribution in [0.5, 0.6) is 0 Å². The van der Waals surface area contributed by atoms with E-state index in [2.05, 4.69) is 93.7 Å². The molecule has 0 spiro atoms. The highest BCUT2D eigenvalue weighted by Gasteiger charge is 2.17. The smallest absolute Gasteiger partial charge is 0.306 e. The monoisotopic (exact) mass is 837 g/mol. The van der Waals surface area contributed by atoms with E-state index in [0.717, 1.165) is 89.9 Å². The highest BCUT2D eigenvalue weighted by Crippen LogP contribution is 2.14. The van der Waals surface area contributed by atoms with E-state index in [1.165, 1.54) is 116 Å². The molecule has 60 heavy (non-hydrogen) atoms. The number of hydrogen-bond donors (Lipinski definition) is 0. The van der Waals surface area contributed by atoms with E-state index in [9.17, 15) is 9.59 Å². The molecule has 0 aliphatic carbocycles. The average molecular weight is 837 g/mol. The molecule has 0 aromatic carbocycles. The van der Waals surface area contributed by atoms with Crippen LogP contribution in [-0.4, -0.2) is 37.9 Å². The zero-order valence-electron chi connectivity index (χ0n) is 39.7. The maximum atomic E-state index is 12.8. The molecule has 0 radical (unpaired) electrons. The van der Waals surface area contributed by atoms with Crippen LogP contribution in [0.3, 0.4) is 0 Å². The lowest BCUT2D eigenvalue weighted by molar-refractivity contribution is -0.163. The van der Waals surface area contributed by atoms with Crippen LogP contribution in [0.25, 0.3) is 0 Å². The topological polar surface area (TPSA) is 61.8 Å². The first-order chi connectivity index (χ1) is 29.6. The van der Waals surface area contributed by atoms with Crippen molar-refractivity contribution in [2.24, 2.45) is 0 Å². The van der Waals surface area contributed by atoms with Gasteiger partial charge in [-0.1, -0.05) is 209 Å². The molecule has 0 saturated carbocycles. The first kappa shape index (κ1) is 57.3. The summed E-state index contributed by atoms with van der Waals surface area (Å²) >= 11 is 0. The molecule has 5 heteroatoms. The van der Waals surface area contributed by atoms with E-state index in [1.807, 2.05) is 0 Å². The fourth-order valence-electron chi connectivity index (χ4n) is 6.94. The molecule has 0 aromatic rings. The normalized spacial score (nSPS) is 12.8. The van der Waals surface area contributed by atoms with Gasteiger partial charge in [-0.05, 0) is 89.9 Å². The van der Waals surface area contributed by atoms with Gasteiger partial charge in [0, 0.05) is 19.4 Å². The second kappa shape index (κ2) is 50.7. The summed E-state index contributed by atoms with van der Waals surface area (Å²) in [7, 11) is 0. The molecule has 0 rings (SSSR count). The first-order valence-corrected chi connectivity index (χ1v) is 25.5. The molecule has 0 aliphatic heterocycles. The van der Waals surface area contributed by atoms with Crippen LogP contribution in [-0.2, 0) is 23.8 Å². The zero-order chi connectivity index (χ0) is 43.5. The number of carbonyl (C=O) groups is 2. The Labute approximate surface area is 372 Å². The summed E-state index contributed by atoms with van der Waals surface area (Å²) in [5, 5.41) is 0. The van der Waals surface area contributed by atoms with Crippen LogP contribution in [0.1, 0.15) is 239 Å². The number of hydrogen-bond acceptors (Lipinski definition) is 5. The third-order valence-electron chi connectivity index (χ3n) is 10.7. The van der Waals surface area contributed by atoms with E-state index >= 15 is 0 Å². The van der Waals surface area contributed by atoms with Crippen molar-refractivity contribution < 1.29 is 23.8 Å². The maximum absolute atomic E-state index is 12.8. The van der Waals surface area contributed by atoms with E-state index in [-0.39, 0.29) is 25.2 Å². The van der Waals surface area contributed by atoms with Crippen molar-refractivity contribution in [3.63, 3.8) is 0 Å². The number of rotatable bonds is 46. The minimum absolute atomic E-state index is 0.0736. The summed E-state index contributed by atoms with van der Waals surface area (Å²) < 4.78 is 17.3. The van der Waals surface area contributed by atoms with Crippen LogP contribution < -0.4 is 0 Å². The van der Waals surface area contributed by atoms with Crippen molar-refractivity contribution in [3.8, 4) is 0 Å². The van der Waals surface area contributed by atoms with E-state index < -0.39 is 6.10 Å². The zero-order valence-corrected chi connectivity index (χ0v) is 39.7. The van der Waals surface area contributed by atoms with Crippen molar-refractivity contribution in [2.75, 3.05) is 19.8 Å². The van der Waals surface area contributed by atoms with Crippen molar-refractivity contribution in [3.05, 3.63) is 72.9 Å². The van der Waals surface area contributed by atoms with Gasteiger partial charge in [-0.25, -0.2) is 0 Å². The predicted molar refractivity (Wildman–Crippen MR) is 260 cm³/mol. The van der Waals surface area contributed by atoms with Gasteiger partial charge >= 0.3 is 11.9 Å². The van der Waals surface area contributed by atoms with Crippen molar-refractivity contribution in [1.29, 1.82) is 0 Å². The molecule has 0 fully saturated rings. The minimum Gasteiger partial charge on any atom is -0.462 e. The van der Waals surface area contributed by atoms with Gasteiger partial charge in [0.15, 0.2) is 6.10 Å². The Morgan fingerprint density at radius 3 is 1.23 bits per heavy atom. The largest absolute Gasteiger partial charge is 0.462 e. The summed E-state index contributed by atoms with van der Waals surface area (Å²) in [4.78, 5) is 25.3. The summed E-state index contributed by atoms with van der Waals surface area (Å²) in [6.45, 7) is 7.66. The number of unbranched alkanes of at least 4 members (excludes halogenated alkanes) is 23. The molecule has 0 aliphatic rings. The molecule has 0 bridgehead atoms. The molecular weight excluding hydrogens is 741 g/mol. The molecule has 5 nitrogen and oxygen atoms in total. The first-order valence-electron chi connectivity index (χ1n) is 25.5. The lowest BCUT2D eigenvalue weighted by Crippen LogP contribution is -2.30. The predicted octanol–water partition coefficient (Wildman–Crippen LogP) is 17.1. The Morgan fingerprint density at radius 1 is 0.383 bits per heavy atom. The Hall–Kier alpha value is -2.66. The molecule has 1 atom stereocenters. The summed E-state index contributed by atoms with van der Waals surface area (Å²) in [5.41, 5.74) is 0. The van der Waals surface area contributed by atoms with Crippen LogP contribution >= 0.6 is 0 Å². The van der Waals surface area contributed by atoms with E-state index in [1.54, 1.807) is 0 Å². The number of esters is 2. The van der Waals surface area contributed by atoms with Gasteiger partial charge in [-0.2, -0.15) is 0 Å². The van der Waals surface area contributed by atoms with Gasteiger partial charge < -0.3 is 14.2 Å².